The SMILES string of the molecule is CC(C)c1c(OOC23CC(CCC2C)C3(C)C)cccc1N1C(=O)C=CC1=O. The van der Waals surface area contributed by atoms with Gasteiger partial charge in [0.15, 0.2) is 5.75 Å². The third-order valence-electron chi connectivity index (χ3n) is 7.36. The summed E-state index contributed by atoms with van der Waals surface area (Å²) in [5.74, 6) is 1.07. The number of carbonyl (C=O) groups excluding carboxylic acids is 2. The first kappa shape index (κ1) is 19.2. The molecular weight excluding hydrogens is 354 g/mol. The number of hydrogen-bond acceptors (Lipinski definition) is 4. The van der Waals surface area contributed by atoms with Crippen molar-refractivity contribution in [3.8, 4) is 5.75 Å². The lowest BCUT2D eigenvalue weighted by Crippen LogP contribution is -2.68. The van der Waals surface area contributed by atoms with Gasteiger partial charge in [-0.2, -0.15) is 4.89 Å². The smallest absolute Gasteiger partial charge is 0.258 e. The highest BCUT2D eigenvalue weighted by molar-refractivity contribution is 6.28. The van der Waals surface area contributed by atoms with Crippen LogP contribution in [0.3, 0.4) is 0 Å². The number of nitrogens with zero attached hydrogens (tertiary/aromatic N) is 1. The van der Waals surface area contributed by atoms with Crippen molar-refractivity contribution in [2.75, 3.05) is 4.90 Å². The summed E-state index contributed by atoms with van der Waals surface area (Å²) in [6.45, 7) is 10.8. The number of amides is 2. The van der Waals surface area contributed by atoms with Crippen molar-refractivity contribution in [3.63, 3.8) is 0 Å². The van der Waals surface area contributed by atoms with Gasteiger partial charge in [-0.15, -0.1) is 0 Å². The predicted molar refractivity (Wildman–Crippen MR) is 107 cm³/mol. The maximum Gasteiger partial charge on any atom is 0.258 e. The molecule has 1 aromatic rings. The second-order valence-corrected chi connectivity index (χ2v) is 9.35. The fourth-order valence-electron chi connectivity index (χ4n) is 5.44. The van der Waals surface area contributed by atoms with Gasteiger partial charge in [-0.05, 0) is 49.1 Å². The van der Waals surface area contributed by atoms with E-state index in [4.69, 9.17) is 9.78 Å². The molecule has 3 unspecified atom stereocenters. The molecule has 4 aliphatic rings. The van der Waals surface area contributed by atoms with Crippen molar-refractivity contribution in [2.24, 2.45) is 17.3 Å². The Morgan fingerprint density at radius 2 is 1.79 bits per heavy atom. The molecule has 1 heterocycles. The molecule has 3 aliphatic carbocycles. The van der Waals surface area contributed by atoms with Crippen molar-refractivity contribution in [1.29, 1.82) is 0 Å². The van der Waals surface area contributed by atoms with Crippen molar-refractivity contribution in [1.82, 2.24) is 0 Å². The van der Waals surface area contributed by atoms with Gasteiger partial charge >= 0.3 is 0 Å². The van der Waals surface area contributed by atoms with E-state index in [1.807, 2.05) is 19.9 Å². The van der Waals surface area contributed by atoms with E-state index in [0.717, 1.165) is 18.4 Å². The maximum absolute atomic E-state index is 12.2. The van der Waals surface area contributed by atoms with E-state index in [2.05, 4.69) is 20.8 Å². The van der Waals surface area contributed by atoms with Gasteiger partial charge in [-0.3, -0.25) is 9.59 Å². The Morgan fingerprint density at radius 1 is 1.11 bits per heavy atom. The van der Waals surface area contributed by atoms with Crippen LogP contribution in [0, 0.1) is 17.3 Å². The molecule has 3 saturated carbocycles. The van der Waals surface area contributed by atoms with Crippen LogP contribution in [0.4, 0.5) is 5.69 Å². The van der Waals surface area contributed by atoms with E-state index in [1.165, 1.54) is 23.5 Å². The molecule has 28 heavy (non-hydrogen) atoms. The van der Waals surface area contributed by atoms with Gasteiger partial charge in [0, 0.05) is 23.1 Å². The molecule has 3 atom stereocenters. The highest BCUT2D eigenvalue weighted by Gasteiger charge is 2.67. The predicted octanol–water partition coefficient (Wildman–Crippen LogP) is 4.76. The molecule has 5 nitrogen and oxygen atoms in total. The van der Waals surface area contributed by atoms with Crippen LogP contribution in [0.25, 0.3) is 0 Å². The number of anilines is 1. The fraction of sp³-hybridized carbons (Fsp3) is 0.565. The zero-order valence-corrected chi connectivity index (χ0v) is 17.3. The Balaban J connectivity index is 1.65. The molecule has 3 fully saturated rings. The molecule has 0 saturated heterocycles. The highest BCUT2D eigenvalue weighted by Crippen LogP contribution is 2.65. The van der Waals surface area contributed by atoms with Gasteiger partial charge in [0.05, 0.1) is 5.69 Å². The van der Waals surface area contributed by atoms with Crippen LogP contribution >= 0.6 is 0 Å². The molecule has 0 N–H and O–H groups in total. The van der Waals surface area contributed by atoms with Gasteiger partial charge < -0.3 is 4.89 Å². The lowest BCUT2D eigenvalue weighted by atomic mass is 9.43. The minimum Gasteiger partial charge on any atom is -0.337 e. The summed E-state index contributed by atoms with van der Waals surface area (Å²) < 4.78 is 0. The number of rotatable bonds is 5. The molecule has 2 amide bonds. The lowest BCUT2D eigenvalue weighted by Gasteiger charge is -2.66. The van der Waals surface area contributed by atoms with Crippen LogP contribution in [-0.2, 0) is 14.5 Å². The number of imide groups is 1. The van der Waals surface area contributed by atoms with Crippen LogP contribution in [0.1, 0.15) is 65.4 Å². The van der Waals surface area contributed by atoms with E-state index in [9.17, 15) is 9.59 Å². The van der Waals surface area contributed by atoms with Gasteiger partial charge in [0.25, 0.3) is 11.8 Å². The molecule has 150 valence electrons. The topological polar surface area (TPSA) is 55.8 Å². The van der Waals surface area contributed by atoms with Crippen LogP contribution in [0.15, 0.2) is 30.4 Å². The average Bonchev–Trinajstić information content (AvgIpc) is 2.98. The van der Waals surface area contributed by atoms with E-state index in [0.29, 0.717) is 23.3 Å². The monoisotopic (exact) mass is 383 g/mol. The number of hydrogen-bond donors (Lipinski definition) is 0. The summed E-state index contributed by atoms with van der Waals surface area (Å²) in [5, 5.41) is 0. The summed E-state index contributed by atoms with van der Waals surface area (Å²) in [6, 6.07) is 5.44. The molecule has 2 bridgehead atoms. The van der Waals surface area contributed by atoms with Crippen molar-refractivity contribution in [2.45, 2.75) is 65.4 Å². The van der Waals surface area contributed by atoms with Crippen LogP contribution in [0.2, 0.25) is 0 Å². The molecule has 0 radical (unpaired) electrons. The van der Waals surface area contributed by atoms with E-state index >= 15 is 0 Å². The van der Waals surface area contributed by atoms with Gasteiger partial charge in [-0.1, -0.05) is 40.7 Å². The highest BCUT2D eigenvalue weighted by atomic mass is 17.2. The quantitative estimate of drug-likeness (QED) is 0.418. The standard InChI is InChI=1S/C23H29NO4/c1-14(2)21-17(24-19(25)11-12-20(24)26)7-6-8-18(21)27-28-23-13-16(22(23,4)5)10-9-15(23)3/h6-8,11-12,14-16H,9-10,13H2,1-5H3. The molecular formula is C23H29NO4. The van der Waals surface area contributed by atoms with E-state index in [1.54, 1.807) is 12.1 Å². The second-order valence-electron chi connectivity index (χ2n) is 9.35. The third kappa shape index (κ3) is 2.55. The molecule has 1 aromatic carbocycles. The molecule has 0 spiro atoms. The third-order valence-corrected chi connectivity index (χ3v) is 7.36. The van der Waals surface area contributed by atoms with Gasteiger partial charge in [0.2, 0.25) is 0 Å². The van der Waals surface area contributed by atoms with E-state index < -0.39 is 0 Å². The normalized spacial score (nSPS) is 30.7. The minimum absolute atomic E-state index is 0.0550. The average molecular weight is 383 g/mol. The first-order valence-corrected chi connectivity index (χ1v) is 10.2. The first-order chi connectivity index (χ1) is 13.2. The summed E-state index contributed by atoms with van der Waals surface area (Å²) in [7, 11) is 0. The van der Waals surface area contributed by atoms with Gasteiger partial charge in [0.1, 0.15) is 5.60 Å². The lowest BCUT2D eigenvalue weighted by molar-refractivity contribution is -0.399. The molecule has 1 aliphatic heterocycles. The summed E-state index contributed by atoms with van der Waals surface area (Å²) in [6.07, 6.45) is 6.02. The Morgan fingerprint density at radius 3 is 2.36 bits per heavy atom. The summed E-state index contributed by atoms with van der Waals surface area (Å²) >= 11 is 0. The Bertz CT molecular complexity index is 838. The van der Waals surface area contributed by atoms with Crippen molar-refractivity contribution in [3.05, 3.63) is 35.9 Å². The van der Waals surface area contributed by atoms with Crippen molar-refractivity contribution >= 4 is 17.5 Å². The zero-order chi connectivity index (χ0) is 20.3. The number of carbonyl (C=O) groups is 2. The molecule has 5 rings (SSSR count). The minimum atomic E-state index is -0.326. The van der Waals surface area contributed by atoms with Crippen LogP contribution < -0.4 is 9.79 Å². The van der Waals surface area contributed by atoms with E-state index in [-0.39, 0.29) is 28.7 Å². The second kappa shape index (κ2) is 6.45. The zero-order valence-electron chi connectivity index (χ0n) is 17.3. The Labute approximate surface area is 166 Å². The van der Waals surface area contributed by atoms with Crippen molar-refractivity contribution < 1.29 is 19.4 Å². The summed E-state index contributed by atoms with van der Waals surface area (Å²) in [4.78, 5) is 37.8. The number of fused-ring (bicyclic) bond motifs is 2. The molecule has 5 heteroatoms. The Kier molecular flexibility index (Phi) is 4.42. The maximum atomic E-state index is 12.2. The Hall–Kier alpha value is -2.14. The summed E-state index contributed by atoms with van der Waals surface area (Å²) in [5.41, 5.74) is 1.16. The van der Waals surface area contributed by atoms with Gasteiger partial charge in [-0.25, -0.2) is 4.90 Å². The number of benzene rings is 1. The first-order valence-electron chi connectivity index (χ1n) is 10.2. The largest absolute Gasteiger partial charge is 0.337 e. The molecule has 0 aromatic heterocycles. The van der Waals surface area contributed by atoms with Crippen LogP contribution in [-0.4, -0.2) is 17.4 Å². The fourth-order valence-corrected chi connectivity index (χ4v) is 5.44. The van der Waals surface area contributed by atoms with Crippen LogP contribution in [0.5, 0.6) is 5.75 Å².